The number of hydrogen-bond donors (Lipinski definition) is 1. The average Bonchev–Trinajstić information content (AvgIpc) is 2.52. The number of ether oxygens (including phenoxy) is 1. The monoisotopic (exact) mass is 185 g/mol. The molecule has 0 bridgehead atoms. The van der Waals surface area contributed by atoms with E-state index in [1.54, 1.807) is 13.0 Å². The van der Waals surface area contributed by atoms with Gasteiger partial charge in [-0.05, 0) is 5.16 Å². The standard InChI is InChI=1S/C8H11NO4/c1-5(8(10)11)3-6-4-7(12-2)9-13-6/h4-5H,3H2,1-2H3,(H,10,11). The van der Waals surface area contributed by atoms with Crippen LogP contribution in [-0.4, -0.2) is 23.3 Å². The lowest BCUT2D eigenvalue weighted by atomic mass is 10.1. The molecule has 0 spiro atoms. The van der Waals surface area contributed by atoms with Gasteiger partial charge < -0.3 is 14.4 Å². The zero-order valence-corrected chi connectivity index (χ0v) is 7.48. The summed E-state index contributed by atoms with van der Waals surface area (Å²) in [5.74, 6) is -0.438. The highest BCUT2D eigenvalue weighted by Crippen LogP contribution is 2.14. The lowest BCUT2D eigenvalue weighted by molar-refractivity contribution is -0.141. The van der Waals surface area contributed by atoms with E-state index in [9.17, 15) is 4.79 Å². The second-order valence-electron chi connectivity index (χ2n) is 2.78. The van der Waals surface area contributed by atoms with E-state index in [1.807, 2.05) is 0 Å². The summed E-state index contributed by atoms with van der Waals surface area (Å²) in [4.78, 5) is 10.5. The van der Waals surface area contributed by atoms with Crippen LogP contribution in [0, 0.1) is 5.92 Å². The van der Waals surface area contributed by atoms with E-state index in [1.165, 1.54) is 7.11 Å². The molecule has 5 nitrogen and oxygen atoms in total. The summed E-state index contributed by atoms with van der Waals surface area (Å²) < 4.78 is 9.62. The highest BCUT2D eigenvalue weighted by Gasteiger charge is 2.14. The predicted octanol–water partition coefficient (Wildman–Crippen LogP) is 0.946. The van der Waals surface area contributed by atoms with Crippen LogP contribution < -0.4 is 4.74 Å². The summed E-state index contributed by atoms with van der Waals surface area (Å²) in [5.41, 5.74) is 0. The Morgan fingerprint density at radius 1 is 1.85 bits per heavy atom. The molecule has 0 aliphatic heterocycles. The Morgan fingerprint density at radius 3 is 3.00 bits per heavy atom. The van der Waals surface area contributed by atoms with Crippen molar-refractivity contribution in [2.45, 2.75) is 13.3 Å². The van der Waals surface area contributed by atoms with Gasteiger partial charge in [-0.2, -0.15) is 0 Å². The fraction of sp³-hybridized carbons (Fsp3) is 0.500. The summed E-state index contributed by atoms with van der Waals surface area (Å²) in [6, 6.07) is 1.58. The van der Waals surface area contributed by atoms with Crippen LogP contribution in [0.15, 0.2) is 10.6 Å². The Balaban J connectivity index is 2.58. The zero-order valence-electron chi connectivity index (χ0n) is 7.48. The molecule has 1 N–H and O–H groups in total. The Hall–Kier alpha value is -1.52. The van der Waals surface area contributed by atoms with Crippen molar-refractivity contribution in [3.05, 3.63) is 11.8 Å². The number of nitrogens with zero attached hydrogens (tertiary/aromatic N) is 1. The lowest BCUT2D eigenvalue weighted by Crippen LogP contribution is -2.11. The average molecular weight is 185 g/mol. The molecule has 1 aromatic heterocycles. The van der Waals surface area contributed by atoms with Crippen molar-refractivity contribution in [1.29, 1.82) is 0 Å². The van der Waals surface area contributed by atoms with Crippen LogP contribution >= 0.6 is 0 Å². The molecule has 1 atom stereocenters. The fourth-order valence-electron chi connectivity index (χ4n) is 0.876. The summed E-state index contributed by atoms with van der Waals surface area (Å²) in [6.45, 7) is 1.61. The molecule has 0 saturated heterocycles. The van der Waals surface area contributed by atoms with Gasteiger partial charge in [0, 0.05) is 12.5 Å². The predicted molar refractivity (Wildman–Crippen MR) is 43.6 cm³/mol. The molecule has 0 aliphatic carbocycles. The van der Waals surface area contributed by atoms with Gasteiger partial charge in [-0.3, -0.25) is 4.79 Å². The molecule has 1 heterocycles. The van der Waals surface area contributed by atoms with E-state index in [-0.39, 0.29) is 0 Å². The Morgan fingerprint density at radius 2 is 2.54 bits per heavy atom. The molecule has 1 rings (SSSR count). The molecule has 0 aliphatic rings. The van der Waals surface area contributed by atoms with Crippen molar-refractivity contribution in [3.63, 3.8) is 0 Å². The summed E-state index contributed by atoms with van der Waals surface area (Å²) in [7, 11) is 1.47. The van der Waals surface area contributed by atoms with Gasteiger partial charge in [0.05, 0.1) is 13.0 Å². The highest BCUT2D eigenvalue weighted by molar-refractivity contribution is 5.69. The SMILES string of the molecule is COc1cc(CC(C)C(=O)O)on1. The first-order valence-electron chi connectivity index (χ1n) is 3.86. The van der Waals surface area contributed by atoms with Crippen molar-refractivity contribution < 1.29 is 19.2 Å². The first-order valence-corrected chi connectivity index (χ1v) is 3.86. The van der Waals surface area contributed by atoms with E-state index in [4.69, 9.17) is 14.4 Å². The van der Waals surface area contributed by atoms with E-state index in [0.717, 1.165) is 0 Å². The minimum absolute atomic E-state index is 0.325. The molecule has 13 heavy (non-hydrogen) atoms. The summed E-state index contributed by atoms with van der Waals surface area (Å²) in [6.07, 6.45) is 0.325. The number of aromatic nitrogens is 1. The normalized spacial score (nSPS) is 12.5. The minimum atomic E-state index is -0.852. The molecule has 1 aromatic rings. The molecule has 5 heteroatoms. The molecule has 0 fully saturated rings. The number of methoxy groups -OCH3 is 1. The molecule has 0 radical (unpaired) electrons. The molecule has 1 unspecified atom stereocenters. The van der Waals surface area contributed by atoms with Gasteiger partial charge in [-0.25, -0.2) is 0 Å². The third-order valence-corrected chi connectivity index (χ3v) is 1.68. The van der Waals surface area contributed by atoms with Crippen molar-refractivity contribution >= 4 is 5.97 Å². The number of hydrogen-bond acceptors (Lipinski definition) is 4. The van der Waals surface area contributed by atoms with Gasteiger partial charge in [-0.1, -0.05) is 6.92 Å². The first kappa shape index (κ1) is 9.57. The number of rotatable bonds is 4. The number of carboxylic acids is 1. The van der Waals surface area contributed by atoms with Crippen LogP contribution in [0.1, 0.15) is 12.7 Å². The third-order valence-electron chi connectivity index (χ3n) is 1.68. The Kier molecular flexibility index (Phi) is 2.89. The molecular formula is C8H11NO4. The van der Waals surface area contributed by atoms with Gasteiger partial charge in [0.2, 0.25) is 0 Å². The molecule has 0 amide bonds. The van der Waals surface area contributed by atoms with E-state index < -0.39 is 11.9 Å². The van der Waals surface area contributed by atoms with Crippen LogP contribution in [0.25, 0.3) is 0 Å². The molecule has 72 valence electrons. The summed E-state index contributed by atoms with van der Waals surface area (Å²) in [5, 5.41) is 12.2. The largest absolute Gasteiger partial charge is 0.481 e. The van der Waals surface area contributed by atoms with Gasteiger partial charge in [0.1, 0.15) is 5.76 Å². The van der Waals surface area contributed by atoms with Crippen LogP contribution in [0.4, 0.5) is 0 Å². The van der Waals surface area contributed by atoms with Crippen molar-refractivity contribution in [1.82, 2.24) is 5.16 Å². The smallest absolute Gasteiger partial charge is 0.306 e. The maximum Gasteiger partial charge on any atom is 0.306 e. The van der Waals surface area contributed by atoms with E-state index >= 15 is 0 Å². The molecular weight excluding hydrogens is 174 g/mol. The van der Waals surface area contributed by atoms with Gasteiger partial charge in [-0.15, -0.1) is 0 Å². The van der Waals surface area contributed by atoms with Crippen molar-refractivity contribution in [2.75, 3.05) is 7.11 Å². The third kappa shape index (κ3) is 2.47. The fourth-order valence-corrected chi connectivity index (χ4v) is 0.876. The number of aliphatic carboxylic acids is 1. The van der Waals surface area contributed by atoms with E-state index in [0.29, 0.717) is 18.1 Å². The topological polar surface area (TPSA) is 72.6 Å². The second-order valence-corrected chi connectivity index (χ2v) is 2.78. The summed E-state index contributed by atoms with van der Waals surface area (Å²) >= 11 is 0. The Bertz CT molecular complexity index is 294. The number of carboxylic acid groups (broad SMARTS) is 1. The highest BCUT2D eigenvalue weighted by atomic mass is 16.5. The zero-order chi connectivity index (χ0) is 9.84. The van der Waals surface area contributed by atoms with Crippen LogP contribution in [-0.2, 0) is 11.2 Å². The second kappa shape index (κ2) is 3.93. The Labute approximate surface area is 75.3 Å². The maximum atomic E-state index is 10.5. The van der Waals surface area contributed by atoms with Crippen molar-refractivity contribution in [3.8, 4) is 5.88 Å². The van der Waals surface area contributed by atoms with Gasteiger partial charge in [0.15, 0.2) is 0 Å². The van der Waals surface area contributed by atoms with Crippen LogP contribution in [0.3, 0.4) is 0 Å². The lowest BCUT2D eigenvalue weighted by Gasteiger charge is -2.00. The van der Waals surface area contributed by atoms with Crippen molar-refractivity contribution in [2.24, 2.45) is 5.92 Å². The number of carbonyl (C=O) groups is 1. The minimum Gasteiger partial charge on any atom is -0.481 e. The quantitative estimate of drug-likeness (QED) is 0.755. The molecule has 0 saturated carbocycles. The maximum absolute atomic E-state index is 10.5. The van der Waals surface area contributed by atoms with Crippen LogP contribution in [0.2, 0.25) is 0 Å². The molecule has 0 aromatic carbocycles. The van der Waals surface area contributed by atoms with E-state index in [2.05, 4.69) is 5.16 Å². The van der Waals surface area contributed by atoms with Crippen LogP contribution in [0.5, 0.6) is 5.88 Å². The van der Waals surface area contributed by atoms with Gasteiger partial charge >= 0.3 is 5.97 Å². The first-order chi connectivity index (χ1) is 6.13. The van der Waals surface area contributed by atoms with Gasteiger partial charge in [0.25, 0.3) is 5.88 Å².